The van der Waals surface area contributed by atoms with E-state index in [0.29, 0.717) is 12.1 Å². The average Bonchev–Trinajstić information content (AvgIpc) is 3.09. The molecule has 1 saturated carbocycles. The highest BCUT2D eigenvalue weighted by molar-refractivity contribution is 7.99. The topological polar surface area (TPSA) is 38.3 Å². The molecule has 1 heterocycles. The van der Waals surface area contributed by atoms with Gasteiger partial charge >= 0.3 is 0 Å². The number of hydrogen-bond donors (Lipinski definition) is 1. The fraction of sp³-hybridized carbons (Fsp3) is 0.533. The van der Waals surface area contributed by atoms with Crippen LogP contribution in [0.25, 0.3) is 0 Å². The number of carbonyl (C=O) groups excluding carboxylic acids is 1. The van der Waals surface area contributed by atoms with Crippen LogP contribution in [0, 0.1) is 0 Å². The first-order valence-corrected chi connectivity index (χ1v) is 7.96. The summed E-state index contributed by atoms with van der Waals surface area (Å²) in [4.78, 5) is 13.2. The molecule has 3 nitrogen and oxygen atoms in total. The van der Waals surface area contributed by atoms with Crippen LogP contribution in [-0.2, 0) is 4.74 Å². The molecule has 1 aliphatic heterocycles. The van der Waals surface area contributed by atoms with E-state index in [0.717, 1.165) is 48.5 Å². The van der Waals surface area contributed by atoms with E-state index in [-0.39, 0.29) is 5.91 Å². The zero-order valence-corrected chi connectivity index (χ0v) is 11.7. The van der Waals surface area contributed by atoms with Crippen LogP contribution in [-0.4, -0.2) is 30.4 Å². The number of ether oxygens (including phenoxy) is 1. The van der Waals surface area contributed by atoms with Gasteiger partial charge in [-0.25, -0.2) is 0 Å². The van der Waals surface area contributed by atoms with E-state index in [9.17, 15) is 4.79 Å². The maximum Gasteiger partial charge on any atom is 0.252 e. The molecule has 1 unspecified atom stereocenters. The minimum atomic E-state index is 0.0675. The summed E-state index contributed by atoms with van der Waals surface area (Å²) in [5.41, 5.74) is 0.803. The molecule has 0 radical (unpaired) electrons. The number of hydrogen-bond acceptors (Lipinski definition) is 3. The Balaban J connectivity index is 1.63. The SMILES string of the molecule is O=C(NC1CC1)c1ccccc1SCC1CCCO1. The number of benzene rings is 1. The molecule has 0 bridgehead atoms. The number of carbonyl (C=O) groups is 1. The lowest BCUT2D eigenvalue weighted by Crippen LogP contribution is -2.25. The summed E-state index contributed by atoms with van der Waals surface area (Å²) in [7, 11) is 0. The van der Waals surface area contributed by atoms with Gasteiger partial charge in [-0.1, -0.05) is 12.1 Å². The number of thioether (sulfide) groups is 1. The van der Waals surface area contributed by atoms with Crippen molar-refractivity contribution in [2.24, 2.45) is 0 Å². The summed E-state index contributed by atoms with van der Waals surface area (Å²) < 4.78 is 5.63. The Bertz CT molecular complexity index is 453. The molecule has 1 saturated heterocycles. The zero-order valence-electron chi connectivity index (χ0n) is 10.9. The fourth-order valence-corrected chi connectivity index (χ4v) is 3.35. The predicted octanol–water partition coefficient (Wildman–Crippen LogP) is 2.85. The van der Waals surface area contributed by atoms with Crippen LogP contribution in [0.1, 0.15) is 36.0 Å². The highest BCUT2D eigenvalue weighted by Gasteiger charge is 2.25. The molecule has 1 amide bonds. The molecule has 1 aromatic rings. The number of amides is 1. The molecule has 1 atom stereocenters. The van der Waals surface area contributed by atoms with Crippen molar-refractivity contribution in [3.05, 3.63) is 29.8 Å². The van der Waals surface area contributed by atoms with Crippen molar-refractivity contribution >= 4 is 17.7 Å². The van der Waals surface area contributed by atoms with Crippen LogP contribution in [0.2, 0.25) is 0 Å². The van der Waals surface area contributed by atoms with Crippen molar-refractivity contribution in [1.82, 2.24) is 5.32 Å². The van der Waals surface area contributed by atoms with Crippen molar-refractivity contribution in [3.8, 4) is 0 Å². The summed E-state index contributed by atoms with van der Waals surface area (Å²) in [5.74, 6) is 1.01. The van der Waals surface area contributed by atoms with E-state index in [4.69, 9.17) is 4.74 Å². The van der Waals surface area contributed by atoms with Crippen LogP contribution < -0.4 is 5.32 Å². The van der Waals surface area contributed by atoms with E-state index in [2.05, 4.69) is 5.32 Å². The molecule has 1 aromatic carbocycles. The molecular formula is C15H19NO2S. The van der Waals surface area contributed by atoms with Gasteiger partial charge < -0.3 is 10.1 Å². The Hall–Kier alpha value is -1.00. The van der Waals surface area contributed by atoms with Gasteiger partial charge in [-0.15, -0.1) is 11.8 Å². The Morgan fingerprint density at radius 3 is 2.89 bits per heavy atom. The molecule has 1 aliphatic carbocycles. The first kappa shape index (κ1) is 13.0. The van der Waals surface area contributed by atoms with Crippen LogP contribution in [0.3, 0.4) is 0 Å². The van der Waals surface area contributed by atoms with Gasteiger partial charge in [0.2, 0.25) is 0 Å². The standard InChI is InChI=1S/C15H19NO2S/c17-15(16-11-7-8-11)13-5-1-2-6-14(13)19-10-12-4-3-9-18-12/h1-2,5-6,11-12H,3-4,7-10H2,(H,16,17). The third kappa shape index (κ3) is 3.51. The van der Waals surface area contributed by atoms with Gasteiger partial charge in [0.25, 0.3) is 5.91 Å². The predicted molar refractivity (Wildman–Crippen MR) is 76.6 cm³/mol. The molecule has 0 spiro atoms. The molecule has 102 valence electrons. The summed E-state index contributed by atoms with van der Waals surface area (Å²) in [6.45, 7) is 0.884. The van der Waals surface area contributed by atoms with E-state index in [1.807, 2.05) is 24.3 Å². The van der Waals surface area contributed by atoms with Crippen LogP contribution in [0.5, 0.6) is 0 Å². The second-order valence-corrected chi connectivity index (χ2v) is 6.25. The molecule has 0 aromatic heterocycles. The van der Waals surface area contributed by atoms with Gasteiger partial charge in [0, 0.05) is 23.3 Å². The Labute approximate surface area is 118 Å². The van der Waals surface area contributed by atoms with Crippen LogP contribution in [0.4, 0.5) is 0 Å². The maximum atomic E-state index is 12.2. The molecule has 2 fully saturated rings. The maximum absolute atomic E-state index is 12.2. The molecular weight excluding hydrogens is 258 g/mol. The number of nitrogens with one attached hydrogen (secondary N) is 1. The van der Waals surface area contributed by atoms with Crippen LogP contribution >= 0.6 is 11.8 Å². The summed E-state index contributed by atoms with van der Waals surface area (Å²) in [6, 6.07) is 8.27. The second-order valence-electron chi connectivity index (χ2n) is 5.19. The largest absolute Gasteiger partial charge is 0.377 e. The summed E-state index contributed by atoms with van der Waals surface area (Å²) in [5, 5.41) is 3.05. The van der Waals surface area contributed by atoms with Gasteiger partial charge in [-0.05, 0) is 37.8 Å². The lowest BCUT2D eigenvalue weighted by Gasteiger charge is -2.12. The summed E-state index contributed by atoms with van der Waals surface area (Å²) >= 11 is 1.73. The van der Waals surface area contributed by atoms with Gasteiger partial charge in [0.1, 0.15) is 0 Å². The van der Waals surface area contributed by atoms with E-state index >= 15 is 0 Å². The van der Waals surface area contributed by atoms with E-state index < -0.39 is 0 Å². The third-order valence-electron chi connectivity index (χ3n) is 3.49. The Morgan fingerprint density at radius 2 is 2.16 bits per heavy atom. The lowest BCUT2D eigenvalue weighted by atomic mass is 10.2. The molecule has 3 rings (SSSR count). The van der Waals surface area contributed by atoms with E-state index in [1.54, 1.807) is 11.8 Å². The minimum absolute atomic E-state index is 0.0675. The molecule has 2 aliphatic rings. The number of rotatable bonds is 5. The highest BCUT2D eigenvalue weighted by atomic mass is 32.2. The van der Waals surface area contributed by atoms with Gasteiger partial charge in [0.05, 0.1) is 11.7 Å². The van der Waals surface area contributed by atoms with E-state index in [1.165, 1.54) is 0 Å². The van der Waals surface area contributed by atoms with Gasteiger partial charge in [-0.3, -0.25) is 4.79 Å². The molecule has 1 N–H and O–H groups in total. The van der Waals surface area contributed by atoms with Gasteiger partial charge in [0.15, 0.2) is 0 Å². The first-order valence-electron chi connectivity index (χ1n) is 6.97. The van der Waals surface area contributed by atoms with Crippen LogP contribution in [0.15, 0.2) is 29.2 Å². The average molecular weight is 277 g/mol. The second kappa shape index (κ2) is 5.97. The quantitative estimate of drug-likeness (QED) is 0.841. The zero-order chi connectivity index (χ0) is 13.1. The van der Waals surface area contributed by atoms with Crippen molar-refractivity contribution < 1.29 is 9.53 Å². The normalized spacial score (nSPS) is 22.4. The van der Waals surface area contributed by atoms with Crippen molar-refractivity contribution in [2.75, 3.05) is 12.4 Å². The smallest absolute Gasteiger partial charge is 0.252 e. The minimum Gasteiger partial charge on any atom is -0.377 e. The Morgan fingerprint density at radius 1 is 1.32 bits per heavy atom. The summed E-state index contributed by atoms with van der Waals surface area (Å²) in [6.07, 6.45) is 4.90. The Kier molecular flexibility index (Phi) is 4.09. The third-order valence-corrected chi connectivity index (χ3v) is 4.70. The lowest BCUT2D eigenvalue weighted by molar-refractivity contribution is 0.0948. The first-order chi connectivity index (χ1) is 9.33. The van der Waals surface area contributed by atoms with Crippen molar-refractivity contribution in [1.29, 1.82) is 0 Å². The van der Waals surface area contributed by atoms with Gasteiger partial charge in [-0.2, -0.15) is 0 Å². The highest BCUT2D eigenvalue weighted by Crippen LogP contribution is 2.27. The molecule has 4 heteroatoms. The monoisotopic (exact) mass is 277 g/mol. The fourth-order valence-electron chi connectivity index (χ4n) is 2.23. The molecule has 19 heavy (non-hydrogen) atoms. The van der Waals surface area contributed by atoms with Crippen molar-refractivity contribution in [3.63, 3.8) is 0 Å². The van der Waals surface area contributed by atoms with Crippen molar-refractivity contribution in [2.45, 2.75) is 42.7 Å².